The Morgan fingerprint density at radius 2 is 1.47 bits per heavy atom. The molecule has 0 bridgehead atoms. The average molecular weight is 617 g/mol. The summed E-state index contributed by atoms with van der Waals surface area (Å²) in [6.07, 6.45) is 5.23. The van der Waals surface area contributed by atoms with Crippen molar-refractivity contribution in [1.29, 1.82) is 0 Å². The smallest absolute Gasteiger partial charge is 0.142 e. The minimum atomic E-state index is 0.293. The van der Waals surface area contributed by atoms with Crippen LogP contribution in [-0.4, -0.2) is 35.1 Å². The van der Waals surface area contributed by atoms with Crippen molar-refractivity contribution in [3.63, 3.8) is 0 Å². The number of H-pyrrole nitrogens is 1. The predicted octanol–water partition coefficient (Wildman–Crippen LogP) is 8.79. The Hall–Kier alpha value is -2.73. The average Bonchev–Trinajstić information content (AvgIpc) is 3.64. The van der Waals surface area contributed by atoms with Gasteiger partial charge < -0.3 is 0 Å². The molecule has 0 spiro atoms. The maximum atomic E-state index is 6.61. The van der Waals surface area contributed by atoms with Crippen molar-refractivity contribution in [2.45, 2.75) is 20.8 Å². The summed E-state index contributed by atoms with van der Waals surface area (Å²) < 4.78 is 0. The number of aromatic amines is 1. The molecule has 1 N–H and O–H groups in total. The minimum Gasteiger partial charge on any atom is -0.275 e. The van der Waals surface area contributed by atoms with E-state index in [2.05, 4.69) is 25.1 Å². The van der Waals surface area contributed by atoms with E-state index in [-0.39, 0.29) is 0 Å². The zero-order chi connectivity index (χ0) is 26.6. The number of aromatic nitrogens is 7. The molecule has 0 aliphatic heterocycles. The van der Waals surface area contributed by atoms with Crippen LogP contribution in [0.4, 0.5) is 0 Å². The van der Waals surface area contributed by atoms with Crippen molar-refractivity contribution in [2.75, 3.05) is 0 Å². The van der Waals surface area contributed by atoms with Gasteiger partial charge in [-0.15, -0.1) is 34.0 Å². The Morgan fingerprint density at radius 1 is 0.737 bits per heavy atom. The molecular formula is C25H16Cl3N7S3. The second kappa shape index (κ2) is 10.1. The van der Waals surface area contributed by atoms with Gasteiger partial charge in [0.15, 0.2) is 0 Å². The molecule has 0 radical (unpaired) electrons. The van der Waals surface area contributed by atoms with Gasteiger partial charge in [-0.25, -0.2) is 19.9 Å². The van der Waals surface area contributed by atoms with Gasteiger partial charge in [-0.3, -0.25) is 10.1 Å². The first-order valence-corrected chi connectivity index (χ1v) is 14.8. The third-order valence-corrected chi connectivity index (χ3v) is 9.80. The van der Waals surface area contributed by atoms with Crippen LogP contribution >= 0.6 is 68.8 Å². The van der Waals surface area contributed by atoms with Gasteiger partial charge in [0.2, 0.25) is 0 Å². The first-order valence-electron chi connectivity index (χ1n) is 11.2. The molecule has 0 atom stereocenters. The number of halogens is 3. The second-order valence-electron chi connectivity index (χ2n) is 8.29. The van der Waals surface area contributed by atoms with Crippen LogP contribution in [0.2, 0.25) is 15.3 Å². The number of nitrogens with zero attached hydrogens (tertiary/aromatic N) is 6. The van der Waals surface area contributed by atoms with E-state index in [4.69, 9.17) is 44.8 Å². The molecule has 0 saturated heterocycles. The summed E-state index contributed by atoms with van der Waals surface area (Å²) in [6, 6.07) is 5.25. The van der Waals surface area contributed by atoms with E-state index in [0.29, 0.717) is 15.3 Å². The number of thiazole rings is 3. The van der Waals surface area contributed by atoms with E-state index >= 15 is 0 Å². The molecule has 0 aromatic carbocycles. The van der Waals surface area contributed by atoms with Gasteiger partial charge in [-0.2, -0.15) is 5.10 Å². The molecule has 6 heterocycles. The van der Waals surface area contributed by atoms with Gasteiger partial charge in [0.1, 0.15) is 31.7 Å². The number of pyridine rings is 2. The highest BCUT2D eigenvalue weighted by molar-refractivity contribution is 7.21. The van der Waals surface area contributed by atoms with Crippen LogP contribution in [0, 0.1) is 20.8 Å². The SMILES string of the molecule is Cc1nc(C)c(-c2cn[nH]c2-c2nc(C)c(-c3nc(-c4cc(Cl)nc(Cl)c4)sc3-c3cnccc3Cl)s2)s1. The van der Waals surface area contributed by atoms with Gasteiger partial charge in [-0.05, 0) is 39.0 Å². The molecule has 0 fully saturated rings. The van der Waals surface area contributed by atoms with Gasteiger partial charge in [0, 0.05) is 29.1 Å². The quantitative estimate of drug-likeness (QED) is 0.195. The molecule has 0 aliphatic carbocycles. The monoisotopic (exact) mass is 615 g/mol. The summed E-state index contributed by atoms with van der Waals surface area (Å²) in [5, 5.41) is 11.2. The molecular weight excluding hydrogens is 601 g/mol. The van der Waals surface area contributed by atoms with E-state index < -0.39 is 0 Å². The second-order valence-corrected chi connectivity index (χ2v) is 12.7. The van der Waals surface area contributed by atoms with Crippen molar-refractivity contribution in [3.05, 3.63) is 68.5 Å². The van der Waals surface area contributed by atoms with Crippen molar-refractivity contribution in [1.82, 2.24) is 35.1 Å². The van der Waals surface area contributed by atoms with Crippen molar-refractivity contribution >= 4 is 68.8 Å². The normalized spacial score (nSPS) is 11.4. The Kier molecular flexibility index (Phi) is 6.79. The number of hydrogen-bond acceptors (Lipinski definition) is 9. The molecule has 7 nitrogen and oxygen atoms in total. The molecule has 0 aliphatic rings. The maximum Gasteiger partial charge on any atom is 0.142 e. The van der Waals surface area contributed by atoms with E-state index in [9.17, 15) is 0 Å². The fourth-order valence-electron chi connectivity index (χ4n) is 4.04. The fraction of sp³-hybridized carbons (Fsp3) is 0.120. The molecule has 0 saturated carbocycles. The number of aryl methyl sites for hydroxylation is 3. The molecule has 13 heteroatoms. The van der Waals surface area contributed by atoms with Crippen molar-refractivity contribution in [2.24, 2.45) is 0 Å². The molecule has 0 unspecified atom stereocenters. The third-order valence-electron chi connectivity index (χ3n) is 5.66. The minimum absolute atomic E-state index is 0.293. The molecule has 6 aromatic heterocycles. The molecule has 38 heavy (non-hydrogen) atoms. The Morgan fingerprint density at radius 3 is 2.18 bits per heavy atom. The Balaban J connectivity index is 1.52. The lowest BCUT2D eigenvalue weighted by atomic mass is 10.1. The summed E-state index contributed by atoms with van der Waals surface area (Å²) in [6.45, 7) is 5.98. The van der Waals surface area contributed by atoms with E-state index in [1.54, 1.807) is 41.9 Å². The Bertz CT molecular complexity index is 1800. The highest BCUT2D eigenvalue weighted by Gasteiger charge is 2.25. The number of rotatable bonds is 5. The van der Waals surface area contributed by atoms with Gasteiger partial charge >= 0.3 is 0 Å². The number of nitrogens with one attached hydrogen (secondary N) is 1. The fourth-order valence-corrected chi connectivity index (χ4v) is 7.91. The maximum absolute atomic E-state index is 6.61. The molecule has 6 aromatic rings. The zero-order valence-electron chi connectivity index (χ0n) is 20.0. The summed E-state index contributed by atoms with van der Waals surface area (Å²) in [7, 11) is 0. The predicted molar refractivity (Wildman–Crippen MR) is 158 cm³/mol. The van der Waals surface area contributed by atoms with Crippen LogP contribution in [0.5, 0.6) is 0 Å². The standard InChI is InChI=1S/C25H16Cl3N7S3/c1-10-21(36-12(3)31-10)15-9-30-35-19(15)25-32-11(2)22(37-25)20-23(14-8-29-5-4-16(14)26)38-24(34-20)13-6-17(27)33-18(28)7-13/h4-9H,1-3H3,(H,30,35). The van der Waals surface area contributed by atoms with Crippen LogP contribution in [0.1, 0.15) is 16.4 Å². The first-order chi connectivity index (χ1) is 18.3. The van der Waals surface area contributed by atoms with Crippen LogP contribution in [-0.2, 0) is 0 Å². The lowest BCUT2D eigenvalue weighted by Gasteiger charge is -2.03. The van der Waals surface area contributed by atoms with Crippen LogP contribution in [0.25, 0.3) is 52.7 Å². The van der Waals surface area contributed by atoms with Gasteiger partial charge in [-0.1, -0.05) is 34.8 Å². The van der Waals surface area contributed by atoms with E-state index in [0.717, 1.165) is 69.1 Å². The largest absolute Gasteiger partial charge is 0.275 e. The lowest BCUT2D eigenvalue weighted by Crippen LogP contribution is -1.85. The molecule has 0 amide bonds. The molecule has 190 valence electrons. The highest BCUT2D eigenvalue weighted by Crippen LogP contribution is 2.47. The van der Waals surface area contributed by atoms with Gasteiger partial charge in [0.25, 0.3) is 0 Å². The lowest BCUT2D eigenvalue weighted by molar-refractivity contribution is 1.09. The first kappa shape index (κ1) is 25.5. The van der Waals surface area contributed by atoms with Crippen molar-refractivity contribution < 1.29 is 0 Å². The highest BCUT2D eigenvalue weighted by atomic mass is 35.5. The van der Waals surface area contributed by atoms with Gasteiger partial charge in [0.05, 0.1) is 42.2 Å². The van der Waals surface area contributed by atoms with Crippen LogP contribution in [0.15, 0.2) is 36.8 Å². The molecule has 6 rings (SSSR count). The third kappa shape index (κ3) is 4.66. The zero-order valence-corrected chi connectivity index (χ0v) is 24.7. The van der Waals surface area contributed by atoms with E-state index in [1.165, 1.54) is 22.7 Å². The summed E-state index contributed by atoms with van der Waals surface area (Å²) in [4.78, 5) is 25.8. The summed E-state index contributed by atoms with van der Waals surface area (Å²) in [5.74, 6) is 0. The topological polar surface area (TPSA) is 93.1 Å². The summed E-state index contributed by atoms with van der Waals surface area (Å²) in [5.41, 5.74) is 5.94. The van der Waals surface area contributed by atoms with Crippen LogP contribution in [0.3, 0.4) is 0 Å². The van der Waals surface area contributed by atoms with Crippen molar-refractivity contribution in [3.8, 4) is 52.7 Å². The van der Waals surface area contributed by atoms with E-state index in [1.807, 2.05) is 27.0 Å². The van der Waals surface area contributed by atoms with Crippen LogP contribution < -0.4 is 0 Å². The Labute approximate surface area is 244 Å². The number of hydrogen-bond donors (Lipinski definition) is 1. The summed E-state index contributed by atoms with van der Waals surface area (Å²) >= 11 is 23.7.